The van der Waals surface area contributed by atoms with Crippen molar-refractivity contribution in [3.63, 3.8) is 0 Å². The van der Waals surface area contributed by atoms with Crippen LogP contribution in [0.2, 0.25) is 0 Å². The van der Waals surface area contributed by atoms with Crippen molar-refractivity contribution in [3.8, 4) is 0 Å². The third kappa shape index (κ3) is 7.97. The highest BCUT2D eigenvalue weighted by atomic mass is 16.4. The van der Waals surface area contributed by atoms with Gasteiger partial charge < -0.3 is 10.4 Å². The van der Waals surface area contributed by atoms with Gasteiger partial charge in [0.25, 0.3) is 0 Å². The molecule has 0 fully saturated rings. The molecule has 1 amide bonds. The molecule has 4 nitrogen and oxygen atoms in total. The first kappa shape index (κ1) is 13.9. The second kappa shape index (κ2) is 7.26. The first-order valence-electron chi connectivity index (χ1n) is 5.44. The fourth-order valence-corrected chi connectivity index (χ4v) is 1.54. The van der Waals surface area contributed by atoms with Crippen LogP contribution in [-0.4, -0.2) is 23.5 Å². The van der Waals surface area contributed by atoms with Gasteiger partial charge in [-0.1, -0.05) is 20.8 Å². The predicted octanol–water partition coefficient (Wildman–Crippen LogP) is 1.65. The van der Waals surface area contributed by atoms with E-state index in [2.05, 4.69) is 19.2 Å². The van der Waals surface area contributed by atoms with Gasteiger partial charge in [-0.25, -0.2) is 0 Å². The lowest BCUT2D eigenvalue weighted by Gasteiger charge is -2.17. The number of carboxylic acid groups (broad SMARTS) is 1. The van der Waals surface area contributed by atoms with Crippen LogP contribution in [0.1, 0.15) is 40.0 Å². The van der Waals surface area contributed by atoms with E-state index >= 15 is 0 Å². The molecule has 0 radical (unpaired) electrons. The Morgan fingerprint density at radius 2 is 1.93 bits per heavy atom. The van der Waals surface area contributed by atoms with Crippen LogP contribution in [0.4, 0.5) is 0 Å². The zero-order valence-corrected chi connectivity index (χ0v) is 9.75. The van der Waals surface area contributed by atoms with E-state index in [0.717, 1.165) is 6.42 Å². The number of aliphatic carboxylic acids is 1. The molecule has 0 aromatic rings. The number of nitrogens with one attached hydrogen (secondary N) is 1. The molecule has 0 heterocycles. The van der Waals surface area contributed by atoms with Crippen molar-refractivity contribution in [3.05, 3.63) is 0 Å². The SMILES string of the molecule is CCC(=O)NC[C@H](CC(=O)O)CC(C)C. The second-order valence-corrected chi connectivity index (χ2v) is 4.25. The molecule has 88 valence electrons. The molecule has 0 aromatic carbocycles. The zero-order chi connectivity index (χ0) is 11.8. The van der Waals surface area contributed by atoms with Crippen molar-refractivity contribution in [1.82, 2.24) is 5.32 Å². The average molecular weight is 215 g/mol. The largest absolute Gasteiger partial charge is 0.481 e. The quantitative estimate of drug-likeness (QED) is 0.678. The maximum atomic E-state index is 11.0. The molecule has 1 atom stereocenters. The fraction of sp³-hybridized carbons (Fsp3) is 0.818. The minimum atomic E-state index is -0.800. The fourth-order valence-electron chi connectivity index (χ4n) is 1.54. The molecular formula is C11H21NO3. The van der Waals surface area contributed by atoms with E-state index < -0.39 is 5.97 Å². The van der Waals surface area contributed by atoms with E-state index in [-0.39, 0.29) is 18.2 Å². The van der Waals surface area contributed by atoms with Gasteiger partial charge in [0.2, 0.25) is 5.91 Å². The van der Waals surface area contributed by atoms with Gasteiger partial charge in [-0.05, 0) is 18.3 Å². The molecule has 0 bridgehead atoms. The van der Waals surface area contributed by atoms with E-state index in [1.807, 2.05) is 0 Å². The van der Waals surface area contributed by atoms with Gasteiger partial charge in [0.05, 0.1) is 0 Å². The van der Waals surface area contributed by atoms with E-state index in [1.165, 1.54) is 0 Å². The van der Waals surface area contributed by atoms with E-state index in [4.69, 9.17) is 5.11 Å². The molecule has 0 rings (SSSR count). The van der Waals surface area contributed by atoms with Crippen molar-refractivity contribution in [2.24, 2.45) is 11.8 Å². The van der Waals surface area contributed by atoms with Crippen LogP contribution in [0.5, 0.6) is 0 Å². The first-order valence-corrected chi connectivity index (χ1v) is 5.44. The smallest absolute Gasteiger partial charge is 0.303 e. The Morgan fingerprint density at radius 1 is 1.33 bits per heavy atom. The van der Waals surface area contributed by atoms with Crippen LogP contribution in [0, 0.1) is 11.8 Å². The van der Waals surface area contributed by atoms with Gasteiger partial charge in [0.1, 0.15) is 0 Å². The summed E-state index contributed by atoms with van der Waals surface area (Å²) in [6, 6.07) is 0. The molecule has 4 heteroatoms. The van der Waals surface area contributed by atoms with E-state index in [9.17, 15) is 9.59 Å². The predicted molar refractivity (Wildman–Crippen MR) is 58.5 cm³/mol. The molecule has 0 saturated heterocycles. The summed E-state index contributed by atoms with van der Waals surface area (Å²) in [5.41, 5.74) is 0. The van der Waals surface area contributed by atoms with Crippen LogP contribution in [0.15, 0.2) is 0 Å². The van der Waals surface area contributed by atoms with Gasteiger partial charge >= 0.3 is 5.97 Å². The van der Waals surface area contributed by atoms with Crippen molar-refractivity contribution in [1.29, 1.82) is 0 Å². The molecule has 0 saturated carbocycles. The van der Waals surface area contributed by atoms with Crippen molar-refractivity contribution in [2.75, 3.05) is 6.54 Å². The highest BCUT2D eigenvalue weighted by Crippen LogP contribution is 2.14. The average Bonchev–Trinajstić information content (AvgIpc) is 2.11. The molecule has 0 aromatic heterocycles. The number of hydrogen-bond donors (Lipinski definition) is 2. The maximum Gasteiger partial charge on any atom is 0.303 e. The third-order valence-electron chi connectivity index (χ3n) is 2.18. The highest BCUT2D eigenvalue weighted by Gasteiger charge is 2.15. The normalized spacial score (nSPS) is 12.5. The summed E-state index contributed by atoms with van der Waals surface area (Å²) in [6.45, 7) is 6.36. The Bertz CT molecular complexity index is 214. The van der Waals surface area contributed by atoms with Gasteiger partial charge in [0, 0.05) is 19.4 Å². The third-order valence-corrected chi connectivity index (χ3v) is 2.18. The monoisotopic (exact) mass is 215 g/mol. The number of carbonyl (C=O) groups is 2. The minimum Gasteiger partial charge on any atom is -0.481 e. The van der Waals surface area contributed by atoms with E-state index in [1.54, 1.807) is 6.92 Å². The summed E-state index contributed by atoms with van der Waals surface area (Å²) in [6.07, 6.45) is 1.40. The molecule has 0 unspecified atom stereocenters. The number of carboxylic acids is 1. The van der Waals surface area contributed by atoms with Gasteiger partial charge in [-0.3, -0.25) is 9.59 Å². The number of carbonyl (C=O) groups excluding carboxylic acids is 1. The Balaban J connectivity index is 4.00. The summed E-state index contributed by atoms with van der Waals surface area (Å²) in [4.78, 5) is 21.6. The van der Waals surface area contributed by atoms with Gasteiger partial charge in [0.15, 0.2) is 0 Å². The topological polar surface area (TPSA) is 66.4 Å². The van der Waals surface area contributed by atoms with Crippen LogP contribution < -0.4 is 5.32 Å². The molecule has 15 heavy (non-hydrogen) atoms. The minimum absolute atomic E-state index is 0.0193. The zero-order valence-electron chi connectivity index (χ0n) is 9.75. The lowest BCUT2D eigenvalue weighted by molar-refractivity contribution is -0.138. The summed E-state index contributed by atoms with van der Waals surface area (Å²) in [5.74, 6) is -0.327. The van der Waals surface area contributed by atoms with Crippen molar-refractivity contribution < 1.29 is 14.7 Å². The second-order valence-electron chi connectivity index (χ2n) is 4.25. The van der Waals surface area contributed by atoms with Crippen molar-refractivity contribution in [2.45, 2.75) is 40.0 Å². The van der Waals surface area contributed by atoms with Crippen LogP contribution in [0.25, 0.3) is 0 Å². The molecule has 0 aliphatic heterocycles. The number of hydrogen-bond acceptors (Lipinski definition) is 2. The summed E-state index contributed by atoms with van der Waals surface area (Å²) in [7, 11) is 0. The number of rotatable bonds is 7. The number of amides is 1. The molecular weight excluding hydrogens is 194 g/mol. The Kier molecular flexibility index (Phi) is 6.75. The molecule has 2 N–H and O–H groups in total. The van der Waals surface area contributed by atoms with E-state index in [0.29, 0.717) is 18.9 Å². The van der Waals surface area contributed by atoms with Crippen LogP contribution in [-0.2, 0) is 9.59 Å². The molecule has 0 spiro atoms. The Hall–Kier alpha value is -1.06. The summed E-state index contributed by atoms with van der Waals surface area (Å²) >= 11 is 0. The first-order chi connectivity index (χ1) is 6.95. The summed E-state index contributed by atoms with van der Waals surface area (Å²) in [5, 5.41) is 11.4. The maximum absolute atomic E-state index is 11.0. The highest BCUT2D eigenvalue weighted by molar-refractivity contribution is 5.75. The Labute approximate surface area is 91.1 Å². The lowest BCUT2D eigenvalue weighted by Crippen LogP contribution is -2.30. The molecule has 0 aliphatic carbocycles. The van der Waals surface area contributed by atoms with Crippen LogP contribution >= 0.6 is 0 Å². The van der Waals surface area contributed by atoms with Gasteiger partial charge in [-0.15, -0.1) is 0 Å². The summed E-state index contributed by atoms with van der Waals surface area (Å²) < 4.78 is 0. The standard InChI is InChI=1S/C11H21NO3/c1-4-10(13)12-7-9(5-8(2)3)6-11(14)15/h8-9H,4-7H2,1-3H3,(H,12,13)(H,14,15)/t9-/m0/s1. The molecule has 0 aliphatic rings. The van der Waals surface area contributed by atoms with Crippen LogP contribution in [0.3, 0.4) is 0 Å². The van der Waals surface area contributed by atoms with Gasteiger partial charge in [-0.2, -0.15) is 0 Å². The van der Waals surface area contributed by atoms with Crippen molar-refractivity contribution >= 4 is 11.9 Å². The lowest BCUT2D eigenvalue weighted by atomic mass is 9.94. The Morgan fingerprint density at radius 3 is 2.33 bits per heavy atom.